The molecule has 1 aromatic rings. The lowest BCUT2D eigenvalue weighted by atomic mass is 9.52. The molecule has 0 radical (unpaired) electrons. The Bertz CT molecular complexity index is 581. The van der Waals surface area contributed by atoms with Crippen molar-refractivity contribution >= 4 is 0 Å². The van der Waals surface area contributed by atoms with Gasteiger partial charge in [-0.1, -0.05) is 31.6 Å². The van der Waals surface area contributed by atoms with Gasteiger partial charge in [-0.05, 0) is 68.5 Å². The first-order valence-corrected chi connectivity index (χ1v) is 8.82. The van der Waals surface area contributed by atoms with Gasteiger partial charge in [0.25, 0.3) is 0 Å². The molecular weight excluding hydrogens is 270 g/mol. The van der Waals surface area contributed by atoms with E-state index in [2.05, 4.69) is 36.7 Å². The summed E-state index contributed by atoms with van der Waals surface area (Å²) in [5.41, 5.74) is 3.61. The topological polar surface area (TPSA) is 12.5 Å². The minimum Gasteiger partial charge on any atom is -0.490 e. The van der Waals surface area contributed by atoms with Crippen molar-refractivity contribution in [1.82, 2.24) is 4.90 Å². The number of nitrogens with zero attached hydrogens (tertiary/aromatic N) is 1. The van der Waals surface area contributed by atoms with Crippen LogP contribution in [0.3, 0.4) is 0 Å². The van der Waals surface area contributed by atoms with Gasteiger partial charge in [-0.25, -0.2) is 0 Å². The molecule has 2 heteroatoms. The summed E-state index contributed by atoms with van der Waals surface area (Å²) in [5.74, 6) is 1.87. The molecule has 0 amide bonds. The summed E-state index contributed by atoms with van der Waals surface area (Å²) in [5, 5.41) is 0. The molecule has 2 aliphatic carbocycles. The fraction of sp³-hybridized carbons (Fsp3) is 0.600. The predicted molar refractivity (Wildman–Crippen MR) is 90.5 cm³/mol. The zero-order valence-electron chi connectivity index (χ0n) is 13.7. The molecule has 3 aliphatic rings. The van der Waals surface area contributed by atoms with Crippen molar-refractivity contribution < 1.29 is 4.74 Å². The summed E-state index contributed by atoms with van der Waals surface area (Å²) in [6.07, 6.45) is 9.96. The van der Waals surface area contributed by atoms with Crippen LogP contribution in [0.2, 0.25) is 0 Å². The van der Waals surface area contributed by atoms with Gasteiger partial charge in [-0.2, -0.15) is 0 Å². The molecule has 1 aromatic carbocycles. The van der Waals surface area contributed by atoms with Crippen molar-refractivity contribution in [3.05, 3.63) is 42.0 Å². The summed E-state index contributed by atoms with van der Waals surface area (Å²) >= 11 is 0. The summed E-state index contributed by atoms with van der Waals surface area (Å²) in [4.78, 5) is 2.62. The number of likely N-dealkylation sites (tertiary alicyclic amines) is 1. The van der Waals surface area contributed by atoms with Gasteiger partial charge in [0.2, 0.25) is 0 Å². The molecule has 2 nitrogen and oxygen atoms in total. The molecule has 0 unspecified atom stereocenters. The van der Waals surface area contributed by atoms with E-state index in [4.69, 9.17) is 4.74 Å². The molecule has 1 aliphatic heterocycles. The molecule has 4 rings (SSSR count). The molecule has 0 N–H and O–H groups in total. The van der Waals surface area contributed by atoms with Crippen LogP contribution in [-0.4, -0.2) is 31.1 Å². The molecule has 1 heterocycles. The van der Waals surface area contributed by atoms with Crippen LogP contribution in [0.25, 0.3) is 0 Å². The van der Waals surface area contributed by atoms with Gasteiger partial charge in [0, 0.05) is 11.5 Å². The summed E-state index contributed by atoms with van der Waals surface area (Å²) in [6.45, 7) is 5.60. The summed E-state index contributed by atoms with van der Waals surface area (Å²) < 4.78 is 5.83. The van der Waals surface area contributed by atoms with Crippen molar-refractivity contribution in [1.29, 1.82) is 0 Å². The van der Waals surface area contributed by atoms with E-state index < -0.39 is 0 Å². The van der Waals surface area contributed by atoms with Crippen molar-refractivity contribution in [3.63, 3.8) is 0 Å². The molecule has 1 saturated heterocycles. The van der Waals surface area contributed by atoms with Crippen LogP contribution in [0.5, 0.6) is 5.75 Å². The standard InChI is InChI=1S/C20H27NO/c1-3-12-22-16-8-7-15-13-19-17-6-4-5-9-20(17,18(15)14-16)10-11-21(19)2/h3,7-8,14,17,19H,1,4-6,9-13H2,2H3/t17-,19+,20+/m0/s1. The first-order valence-electron chi connectivity index (χ1n) is 8.82. The molecule has 118 valence electrons. The number of likely N-dealkylation sites (N-methyl/N-ethyl adjacent to an activating group) is 1. The Morgan fingerprint density at radius 2 is 2.27 bits per heavy atom. The van der Waals surface area contributed by atoms with Gasteiger partial charge in [0.1, 0.15) is 12.4 Å². The van der Waals surface area contributed by atoms with Crippen LogP contribution in [0.4, 0.5) is 0 Å². The Kier molecular flexibility index (Phi) is 3.53. The van der Waals surface area contributed by atoms with Gasteiger partial charge < -0.3 is 9.64 Å². The van der Waals surface area contributed by atoms with E-state index in [1.54, 1.807) is 11.1 Å². The quantitative estimate of drug-likeness (QED) is 0.784. The summed E-state index contributed by atoms with van der Waals surface area (Å²) in [7, 11) is 2.33. The lowest BCUT2D eigenvalue weighted by Crippen LogP contribution is -2.59. The number of benzene rings is 1. The van der Waals surface area contributed by atoms with E-state index in [-0.39, 0.29) is 0 Å². The minimum atomic E-state index is 0.427. The molecule has 1 saturated carbocycles. The highest BCUT2D eigenvalue weighted by molar-refractivity contribution is 5.45. The second kappa shape index (κ2) is 5.42. The van der Waals surface area contributed by atoms with Gasteiger partial charge in [-0.15, -0.1) is 0 Å². The van der Waals surface area contributed by atoms with Crippen molar-refractivity contribution in [3.8, 4) is 5.75 Å². The van der Waals surface area contributed by atoms with E-state index in [1.165, 1.54) is 45.1 Å². The molecule has 2 bridgehead atoms. The van der Waals surface area contributed by atoms with Gasteiger partial charge in [-0.3, -0.25) is 0 Å². The first-order chi connectivity index (χ1) is 10.7. The fourth-order valence-corrected chi connectivity index (χ4v) is 5.42. The molecule has 0 spiro atoms. The van der Waals surface area contributed by atoms with E-state index in [0.29, 0.717) is 12.0 Å². The third-order valence-corrected chi connectivity index (χ3v) is 6.45. The maximum absolute atomic E-state index is 5.83. The van der Waals surface area contributed by atoms with Crippen LogP contribution in [0, 0.1) is 5.92 Å². The van der Waals surface area contributed by atoms with Crippen LogP contribution in [0.15, 0.2) is 30.9 Å². The van der Waals surface area contributed by atoms with E-state index >= 15 is 0 Å². The highest BCUT2D eigenvalue weighted by Crippen LogP contribution is 2.55. The van der Waals surface area contributed by atoms with Crippen LogP contribution in [0.1, 0.15) is 43.2 Å². The van der Waals surface area contributed by atoms with E-state index in [0.717, 1.165) is 17.7 Å². The highest BCUT2D eigenvalue weighted by Gasteiger charge is 2.53. The molecular formula is C20H27NO. The number of rotatable bonds is 3. The van der Waals surface area contributed by atoms with E-state index in [1.807, 2.05) is 6.08 Å². The lowest BCUT2D eigenvalue weighted by molar-refractivity contribution is 0.00272. The van der Waals surface area contributed by atoms with Gasteiger partial charge >= 0.3 is 0 Å². The summed E-state index contributed by atoms with van der Waals surface area (Å²) in [6, 6.07) is 7.59. The average molecular weight is 297 g/mol. The number of fused-ring (bicyclic) bond motifs is 1. The number of hydrogen-bond donors (Lipinski definition) is 0. The number of piperidine rings is 1. The maximum Gasteiger partial charge on any atom is 0.120 e. The predicted octanol–water partition coefficient (Wildman–Crippen LogP) is 3.94. The molecule has 0 aromatic heterocycles. The Morgan fingerprint density at radius 1 is 1.36 bits per heavy atom. The number of hydrogen-bond acceptors (Lipinski definition) is 2. The van der Waals surface area contributed by atoms with Crippen molar-refractivity contribution in [2.75, 3.05) is 20.2 Å². The zero-order chi connectivity index (χ0) is 15.2. The Hall–Kier alpha value is -1.28. The van der Waals surface area contributed by atoms with Crippen LogP contribution in [-0.2, 0) is 11.8 Å². The Balaban J connectivity index is 1.78. The average Bonchev–Trinajstić information content (AvgIpc) is 2.56. The second-order valence-corrected chi connectivity index (χ2v) is 7.43. The van der Waals surface area contributed by atoms with E-state index in [9.17, 15) is 0 Å². The SMILES string of the molecule is C=CCOc1ccc2c(c1)[C@@]13CCCC[C@H]1[C@@H](C2)N(C)CC3. The molecule has 22 heavy (non-hydrogen) atoms. The Morgan fingerprint density at radius 3 is 3.14 bits per heavy atom. The fourth-order valence-electron chi connectivity index (χ4n) is 5.42. The van der Waals surface area contributed by atoms with Gasteiger partial charge in [0.15, 0.2) is 0 Å². The highest BCUT2D eigenvalue weighted by atomic mass is 16.5. The smallest absolute Gasteiger partial charge is 0.120 e. The van der Waals surface area contributed by atoms with Gasteiger partial charge in [0.05, 0.1) is 0 Å². The normalized spacial score (nSPS) is 33.7. The lowest BCUT2D eigenvalue weighted by Gasteiger charge is -2.58. The molecule has 2 fully saturated rings. The monoisotopic (exact) mass is 297 g/mol. The molecule has 3 atom stereocenters. The maximum atomic E-state index is 5.83. The van der Waals surface area contributed by atoms with Crippen LogP contribution >= 0.6 is 0 Å². The van der Waals surface area contributed by atoms with Crippen LogP contribution < -0.4 is 4.74 Å². The number of ether oxygens (including phenoxy) is 1. The van der Waals surface area contributed by atoms with Crippen molar-refractivity contribution in [2.45, 2.75) is 50.0 Å². The minimum absolute atomic E-state index is 0.427. The second-order valence-electron chi connectivity index (χ2n) is 7.43. The third kappa shape index (κ3) is 2.04. The third-order valence-electron chi connectivity index (χ3n) is 6.45. The Labute approximate surface area is 134 Å². The first kappa shape index (κ1) is 14.3. The largest absolute Gasteiger partial charge is 0.490 e. The van der Waals surface area contributed by atoms with Crippen molar-refractivity contribution in [2.24, 2.45) is 5.92 Å². The zero-order valence-corrected chi connectivity index (χ0v) is 13.7.